The van der Waals surface area contributed by atoms with E-state index in [-0.39, 0.29) is 0 Å². The molecule has 45 heavy (non-hydrogen) atoms. The van der Waals surface area contributed by atoms with Crippen molar-refractivity contribution in [3.05, 3.63) is 170 Å². The maximum Gasteiger partial charge on any atom is 0.0434 e. The predicted molar refractivity (Wildman–Crippen MR) is 196 cm³/mol. The Hall–Kier alpha value is -5.50. The van der Waals surface area contributed by atoms with Gasteiger partial charge in [0.2, 0.25) is 0 Å². The number of hydrogen-bond acceptors (Lipinski definition) is 1. The van der Waals surface area contributed by atoms with Crippen LogP contribution in [0, 0.1) is 0 Å². The van der Waals surface area contributed by atoms with E-state index in [9.17, 15) is 0 Å². The van der Waals surface area contributed by atoms with Crippen LogP contribution in [-0.2, 0) is 0 Å². The van der Waals surface area contributed by atoms with Gasteiger partial charge in [-0.2, -0.15) is 0 Å². The first kappa shape index (κ1) is 25.9. The summed E-state index contributed by atoms with van der Waals surface area (Å²) < 4.78 is 2.68. The van der Waals surface area contributed by atoms with Crippen molar-refractivity contribution in [3.63, 3.8) is 0 Å². The van der Waals surface area contributed by atoms with Crippen molar-refractivity contribution in [2.75, 3.05) is 0 Å². The Morgan fingerprint density at radius 2 is 0.600 bits per heavy atom. The van der Waals surface area contributed by atoms with E-state index in [1.54, 1.807) is 0 Å². The fourth-order valence-corrected chi connectivity index (χ4v) is 8.50. The molecular formula is C44H28S. The molecule has 0 unspecified atom stereocenters. The van der Waals surface area contributed by atoms with Gasteiger partial charge in [-0.25, -0.2) is 0 Å². The molecule has 0 bridgehead atoms. The zero-order valence-electron chi connectivity index (χ0n) is 24.6. The second-order valence-electron chi connectivity index (χ2n) is 11.6. The van der Waals surface area contributed by atoms with E-state index in [2.05, 4.69) is 170 Å². The second-order valence-corrected chi connectivity index (χ2v) is 12.6. The van der Waals surface area contributed by atoms with Crippen LogP contribution >= 0.6 is 11.3 Å². The molecule has 0 atom stereocenters. The maximum absolute atomic E-state index is 2.33. The van der Waals surface area contributed by atoms with Crippen LogP contribution in [0.3, 0.4) is 0 Å². The van der Waals surface area contributed by atoms with Gasteiger partial charge in [-0.15, -0.1) is 11.3 Å². The van der Waals surface area contributed by atoms with Crippen molar-refractivity contribution in [3.8, 4) is 44.5 Å². The molecule has 8 aromatic carbocycles. The summed E-state index contributed by atoms with van der Waals surface area (Å²) in [4.78, 5) is 0. The molecule has 0 spiro atoms. The third kappa shape index (κ3) is 4.13. The van der Waals surface area contributed by atoms with Crippen LogP contribution in [-0.4, -0.2) is 0 Å². The Morgan fingerprint density at radius 3 is 1.16 bits per heavy atom. The van der Waals surface area contributed by atoms with Crippen molar-refractivity contribution in [2.45, 2.75) is 0 Å². The van der Waals surface area contributed by atoms with E-state index in [4.69, 9.17) is 0 Å². The Bertz CT molecular complexity index is 2460. The van der Waals surface area contributed by atoms with Crippen LogP contribution in [0.1, 0.15) is 0 Å². The first-order valence-corrected chi connectivity index (χ1v) is 16.3. The molecule has 0 N–H and O–H groups in total. The number of rotatable bonds is 4. The molecular weight excluding hydrogens is 561 g/mol. The van der Waals surface area contributed by atoms with Gasteiger partial charge in [0.05, 0.1) is 0 Å². The highest BCUT2D eigenvalue weighted by atomic mass is 32.1. The van der Waals surface area contributed by atoms with E-state index in [0.717, 1.165) is 0 Å². The lowest BCUT2D eigenvalue weighted by Gasteiger charge is -2.20. The topological polar surface area (TPSA) is 0 Å². The van der Waals surface area contributed by atoms with E-state index < -0.39 is 0 Å². The normalized spacial score (nSPS) is 11.6. The monoisotopic (exact) mass is 588 g/mol. The van der Waals surface area contributed by atoms with E-state index in [1.165, 1.54) is 86.2 Å². The molecule has 0 aliphatic rings. The second kappa shape index (κ2) is 10.6. The highest BCUT2D eigenvalue weighted by Gasteiger charge is 2.21. The minimum atomic E-state index is 1.23. The number of fused-ring (bicyclic) bond motifs is 5. The number of thiophene rings is 1. The fraction of sp³-hybridized carbons (Fsp3) is 0. The van der Waals surface area contributed by atoms with Gasteiger partial charge in [0.1, 0.15) is 0 Å². The van der Waals surface area contributed by atoms with Gasteiger partial charge < -0.3 is 0 Å². The Balaban J connectivity index is 1.38. The molecule has 0 fully saturated rings. The summed E-state index contributed by atoms with van der Waals surface area (Å²) in [6.07, 6.45) is 0. The predicted octanol–water partition coefficient (Wildman–Crippen LogP) is 13.0. The summed E-state index contributed by atoms with van der Waals surface area (Å²) in [6.45, 7) is 0. The largest absolute Gasteiger partial charge is 0.134 e. The average Bonchev–Trinajstić information content (AvgIpc) is 3.51. The highest BCUT2D eigenvalue weighted by Crippen LogP contribution is 2.49. The molecule has 9 rings (SSSR count). The summed E-state index contributed by atoms with van der Waals surface area (Å²) in [5.41, 5.74) is 10.2. The van der Waals surface area contributed by atoms with Crippen molar-refractivity contribution in [1.29, 1.82) is 0 Å². The SMILES string of the molecule is c1ccc(-c2ccccc2-c2c3ccccc3c(-c3cccc4c3sc3c(-c5ccccc5)cccc34)c3ccccc23)cc1. The van der Waals surface area contributed by atoms with Gasteiger partial charge in [-0.3, -0.25) is 0 Å². The molecule has 0 saturated carbocycles. The van der Waals surface area contributed by atoms with Crippen molar-refractivity contribution in [2.24, 2.45) is 0 Å². The van der Waals surface area contributed by atoms with Gasteiger partial charge in [-0.05, 0) is 60.5 Å². The average molecular weight is 589 g/mol. The Labute approximate surface area is 266 Å². The quantitative estimate of drug-likeness (QED) is 0.179. The number of benzene rings is 8. The van der Waals surface area contributed by atoms with Gasteiger partial charge in [0.25, 0.3) is 0 Å². The Kier molecular flexibility index (Phi) is 6.11. The summed E-state index contributed by atoms with van der Waals surface area (Å²) in [7, 11) is 0. The van der Waals surface area contributed by atoms with Crippen LogP contribution in [0.2, 0.25) is 0 Å². The molecule has 0 nitrogen and oxygen atoms in total. The third-order valence-corrected chi connectivity index (χ3v) is 10.4. The molecule has 0 aliphatic heterocycles. The molecule has 210 valence electrons. The zero-order valence-corrected chi connectivity index (χ0v) is 25.4. The van der Waals surface area contributed by atoms with Crippen molar-refractivity contribution < 1.29 is 0 Å². The smallest absolute Gasteiger partial charge is 0.0434 e. The first-order chi connectivity index (χ1) is 22.4. The van der Waals surface area contributed by atoms with Crippen LogP contribution in [0.15, 0.2) is 170 Å². The zero-order chi connectivity index (χ0) is 29.7. The van der Waals surface area contributed by atoms with Gasteiger partial charge in [-0.1, -0.05) is 170 Å². The number of hydrogen-bond donors (Lipinski definition) is 0. The van der Waals surface area contributed by atoms with Gasteiger partial charge in [0.15, 0.2) is 0 Å². The standard InChI is InChI=1S/C44H28S/c1-3-15-29(16-4-1)31-19-7-8-20-33(31)41-34-21-9-11-23-36(34)42(37-24-12-10-22-35(37)41)40-28-14-27-39-38-26-13-25-32(43(38)45-44(39)40)30-17-5-2-6-18-30/h1-28H. The molecule has 1 heterocycles. The molecule has 0 radical (unpaired) electrons. The van der Waals surface area contributed by atoms with E-state index >= 15 is 0 Å². The lowest BCUT2D eigenvalue weighted by atomic mass is 9.83. The van der Waals surface area contributed by atoms with Crippen molar-refractivity contribution >= 4 is 53.1 Å². The van der Waals surface area contributed by atoms with Crippen LogP contribution < -0.4 is 0 Å². The fourth-order valence-electron chi connectivity index (χ4n) is 7.14. The van der Waals surface area contributed by atoms with E-state index in [0.29, 0.717) is 0 Å². The summed E-state index contributed by atoms with van der Waals surface area (Å²) in [6, 6.07) is 62.0. The van der Waals surface area contributed by atoms with E-state index in [1.807, 2.05) is 11.3 Å². The summed E-state index contributed by atoms with van der Waals surface area (Å²) in [5.74, 6) is 0. The van der Waals surface area contributed by atoms with Gasteiger partial charge in [0, 0.05) is 25.7 Å². The minimum absolute atomic E-state index is 1.23. The van der Waals surface area contributed by atoms with Crippen LogP contribution in [0.25, 0.3) is 86.2 Å². The van der Waals surface area contributed by atoms with Crippen molar-refractivity contribution in [1.82, 2.24) is 0 Å². The minimum Gasteiger partial charge on any atom is -0.134 e. The van der Waals surface area contributed by atoms with Crippen LogP contribution in [0.4, 0.5) is 0 Å². The first-order valence-electron chi connectivity index (χ1n) is 15.4. The Morgan fingerprint density at radius 1 is 0.244 bits per heavy atom. The third-order valence-electron chi connectivity index (χ3n) is 9.09. The summed E-state index contributed by atoms with van der Waals surface area (Å²) >= 11 is 1.92. The highest BCUT2D eigenvalue weighted by molar-refractivity contribution is 7.26. The molecule has 9 aromatic rings. The lowest BCUT2D eigenvalue weighted by molar-refractivity contribution is 1.61. The molecule has 0 saturated heterocycles. The molecule has 1 heteroatoms. The maximum atomic E-state index is 2.33. The van der Waals surface area contributed by atoms with Gasteiger partial charge >= 0.3 is 0 Å². The molecule has 0 amide bonds. The lowest BCUT2D eigenvalue weighted by Crippen LogP contribution is -1.92. The summed E-state index contributed by atoms with van der Waals surface area (Å²) in [5, 5.41) is 7.75. The van der Waals surface area contributed by atoms with Crippen LogP contribution in [0.5, 0.6) is 0 Å². The molecule has 0 aliphatic carbocycles. The molecule has 1 aromatic heterocycles.